The zero-order valence-electron chi connectivity index (χ0n) is 19.6. The van der Waals surface area contributed by atoms with Gasteiger partial charge in [-0.25, -0.2) is 13.4 Å². The number of carbonyl (C=O) groups is 1. The van der Waals surface area contributed by atoms with Crippen LogP contribution in [0.25, 0.3) is 0 Å². The predicted molar refractivity (Wildman–Crippen MR) is 132 cm³/mol. The molecule has 0 spiro atoms. The Morgan fingerprint density at radius 1 is 1.06 bits per heavy atom. The highest BCUT2D eigenvalue weighted by Crippen LogP contribution is 2.26. The van der Waals surface area contributed by atoms with E-state index < -0.39 is 10.0 Å². The summed E-state index contributed by atoms with van der Waals surface area (Å²) in [6, 6.07) is 16.4. The fourth-order valence-corrected chi connectivity index (χ4v) is 5.88. The third kappa shape index (κ3) is 5.74. The van der Waals surface area contributed by atoms with Gasteiger partial charge in [-0.05, 0) is 42.7 Å². The maximum Gasteiger partial charge on any atom is 0.251 e. The average Bonchev–Trinajstić information content (AvgIpc) is 3.31. The number of hydrogen-bond donors (Lipinski definition) is 1. The SMILES string of the molecule is CN(C1CCCCC1)S(=O)(=O)c1ccc(C(=O)NCCc2nccn2Cc2ccccc2)cc1. The van der Waals surface area contributed by atoms with Crippen molar-refractivity contribution >= 4 is 15.9 Å². The fraction of sp³-hybridized carbons (Fsp3) is 0.385. The van der Waals surface area contributed by atoms with Crippen LogP contribution >= 0.6 is 0 Å². The number of nitrogens with one attached hydrogen (secondary N) is 1. The van der Waals surface area contributed by atoms with Crippen molar-refractivity contribution in [1.29, 1.82) is 0 Å². The first-order chi connectivity index (χ1) is 16.4. The minimum Gasteiger partial charge on any atom is -0.352 e. The van der Waals surface area contributed by atoms with E-state index in [4.69, 9.17) is 0 Å². The van der Waals surface area contributed by atoms with E-state index in [0.717, 1.165) is 38.1 Å². The molecule has 1 fully saturated rings. The molecule has 0 radical (unpaired) electrons. The molecule has 34 heavy (non-hydrogen) atoms. The summed E-state index contributed by atoms with van der Waals surface area (Å²) in [4.78, 5) is 17.2. The number of imidazole rings is 1. The number of aromatic nitrogens is 2. The lowest BCUT2D eigenvalue weighted by Gasteiger charge is -2.30. The Bertz CT molecular complexity index is 1180. The Hall–Kier alpha value is -2.97. The van der Waals surface area contributed by atoms with Gasteiger partial charge in [-0.2, -0.15) is 4.31 Å². The van der Waals surface area contributed by atoms with Gasteiger partial charge in [-0.1, -0.05) is 49.6 Å². The van der Waals surface area contributed by atoms with Crippen molar-refractivity contribution in [2.24, 2.45) is 0 Å². The first-order valence-corrected chi connectivity index (χ1v) is 13.3. The molecular weight excluding hydrogens is 448 g/mol. The number of benzene rings is 2. The highest BCUT2D eigenvalue weighted by Gasteiger charge is 2.29. The molecule has 0 unspecified atom stereocenters. The zero-order valence-corrected chi connectivity index (χ0v) is 20.4. The lowest BCUT2D eigenvalue weighted by atomic mass is 9.96. The molecule has 1 aliphatic carbocycles. The van der Waals surface area contributed by atoms with E-state index >= 15 is 0 Å². The summed E-state index contributed by atoms with van der Waals surface area (Å²) >= 11 is 0. The van der Waals surface area contributed by atoms with Crippen molar-refractivity contribution < 1.29 is 13.2 Å². The first-order valence-electron chi connectivity index (χ1n) is 11.9. The van der Waals surface area contributed by atoms with Gasteiger partial charge in [0.25, 0.3) is 5.91 Å². The number of carbonyl (C=O) groups excluding carboxylic acids is 1. The summed E-state index contributed by atoms with van der Waals surface area (Å²) < 4.78 is 29.6. The van der Waals surface area contributed by atoms with Crippen LogP contribution in [-0.2, 0) is 23.0 Å². The van der Waals surface area contributed by atoms with Crippen LogP contribution in [0, 0.1) is 0 Å². The second-order valence-electron chi connectivity index (χ2n) is 8.80. The number of rotatable bonds is 9. The largest absolute Gasteiger partial charge is 0.352 e. The van der Waals surface area contributed by atoms with Crippen LogP contribution in [0.4, 0.5) is 0 Å². The molecule has 1 heterocycles. The monoisotopic (exact) mass is 480 g/mol. The molecule has 1 saturated carbocycles. The molecule has 1 amide bonds. The van der Waals surface area contributed by atoms with E-state index in [-0.39, 0.29) is 16.8 Å². The maximum absolute atomic E-state index is 13.0. The van der Waals surface area contributed by atoms with Crippen molar-refractivity contribution in [2.45, 2.75) is 56.0 Å². The Balaban J connectivity index is 1.32. The summed E-state index contributed by atoms with van der Waals surface area (Å²) in [5, 5.41) is 2.91. The standard InChI is InChI=1S/C26H32N4O3S/c1-29(23-10-6-3-7-11-23)34(32,33)24-14-12-22(13-15-24)26(31)28-17-16-25-27-18-19-30(25)20-21-8-4-2-5-9-21/h2,4-5,8-9,12-15,18-19,23H,3,6-7,10-11,16-17,20H2,1H3,(H,28,31). The van der Waals surface area contributed by atoms with Crippen molar-refractivity contribution in [1.82, 2.24) is 19.2 Å². The summed E-state index contributed by atoms with van der Waals surface area (Å²) in [6.07, 6.45) is 9.41. The third-order valence-electron chi connectivity index (χ3n) is 6.51. The van der Waals surface area contributed by atoms with Gasteiger partial charge in [-0.15, -0.1) is 0 Å². The van der Waals surface area contributed by atoms with Crippen LogP contribution in [0.2, 0.25) is 0 Å². The topological polar surface area (TPSA) is 84.3 Å². The normalized spacial score (nSPS) is 14.9. The molecule has 8 heteroatoms. The molecule has 0 aliphatic heterocycles. The highest BCUT2D eigenvalue weighted by atomic mass is 32.2. The number of amides is 1. The van der Waals surface area contributed by atoms with Crippen LogP contribution in [0.3, 0.4) is 0 Å². The number of hydrogen-bond acceptors (Lipinski definition) is 4. The lowest BCUT2D eigenvalue weighted by molar-refractivity contribution is 0.0953. The molecule has 1 aromatic heterocycles. The Morgan fingerprint density at radius 3 is 2.47 bits per heavy atom. The zero-order chi connectivity index (χ0) is 24.0. The summed E-state index contributed by atoms with van der Waals surface area (Å²) in [7, 11) is -1.91. The highest BCUT2D eigenvalue weighted by molar-refractivity contribution is 7.89. The van der Waals surface area contributed by atoms with Gasteiger partial charge in [0.05, 0.1) is 4.90 Å². The van der Waals surface area contributed by atoms with Crippen molar-refractivity contribution in [3.63, 3.8) is 0 Å². The van der Waals surface area contributed by atoms with Gasteiger partial charge in [-0.3, -0.25) is 4.79 Å². The molecule has 2 aromatic carbocycles. The summed E-state index contributed by atoms with van der Waals surface area (Å²) in [5.74, 6) is 0.669. The third-order valence-corrected chi connectivity index (χ3v) is 8.44. The van der Waals surface area contributed by atoms with E-state index in [1.165, 1.54) is 28.4 Å². The van der Waals surface area contributed by atoms with Crippen LogP contribution in [0.15, 0.2) is 71.9 Å². The van der Waals surface area contributed by atoms with E-state index in [1.807, 2.05) is 24.4 Å². The van der Waals surface area contributed by atoms with Crippen LogP contribution in [0.5, 0.6) is 0 Å². The Kier molecular flexibility index (Phi) is 7.80. The Morgan fingerprint density at radius 2 is 1.76 bits per heavy atom. The smallest absolute Gasteiger partial charge is 0.251 e. The minimum atomic E-state index is -3.57. The molecule has 7 nitrogen and oxygen atoms in total. The van der Waals surface area contributed by atoms with Gasteiger partial charge >= 0.3 is 0 Å². The molecular formula is C26H32N4O3S. The minimum absolute atomic E-state index is 0.0520. The molecule has 0 bridgehead atoms. The Labute approximate surface area is 201 Å². The van der Waals surface area contributed by atoms with Gasteiger partial charge in [0, 0.05) is 50.6 Å². The van der Waals surface area contributed by atoms with Crippen molar-refractivity contribution in [3.8, 4) is 0 Å². The molecule has 4 rings (SSSR count). The van der Waals surface area contributed by atoms with Crippen LogP contribution < -0.4 is 5.32 Å². The lowest BCUT2D eigenvalue weighted by Crippen LogP contribution is -2.38. The quantitative estimate of drug-likeness (QED) is 0.504. The first kappa shape index (κ1) is 24.2. The fourth-order valence-electron chi connectivity index (χ4n) is 4.47. The maximum atomic E-state index is 13.0. The van der Waals surface area contributed by atoms with Gasteiger partial charge < -0.3 is 9.88 Å². The van der Waals surface area contributed by atoms with E-state index in [0.29, 0.717) is 18.5 Å². The van der Waals surface area contributed by atoms with E-state index in [9.17, 15) is 13.2 Å². The van der Waals surface area contributed by atoms with Gasteiger partial charge in [0.2, 0.25) is 10.0 Å². The van der Waals surface area contributed by atoms with E-state index in [1.54, 1.807) is 25.4 Å². The van der Waals surface area contributed by atoms with Crippen molar-refractivity contribution in [3.05, 3.63) is 83.9 Å². The molecule has 180 valence electrons. The van der Waals surface area contributed by atoms with Crippen LogP contribution in [-0.4, -0.2) is 47.8 Å². The van der Waals surface area contributed by atoms with Gasteiger partial charge in [0.1, 0.15) is 5.82 Å². The average molecular weight is 481 g/mol. The molecule has 0 saturated heterocycles. The second kappa shape index (κ2) is 11.0. The summed E-state index contributed by atoms with van der Waals surface area (Å²) in [6.45, 7) is 1.17. The predicted octanol–water partition coefficient (Wildman–Crippen LogP) is 3.86. The number of sulfonamides is 1. The molecule has 1 aliphatic rings. The van der Waals surface area contributed by atoms with Crippen molar-refractivity contribution in [2.75, 3.05) is 13.6 Å². The second-order valence-corrected chi connectivity index (χ2v) is 10.8. The molecule has 1 N–H and O–H groups in total. The number of nitrogens with zero attached hydrogens (tertiary/aromatic N) is 3. The van der Waals surface area contributed by atoms with E-state index in [2.05, 4.69) is 27.0 Å². The van der Waals surface area contributed by atoms with Gasteiger partial charge in [0.15, 0.2) is 0 Å². The summed E-state index contributed by atoms with van der Waals surface area (Å²) in [5.41, 5.74) is 1.63. The molecule has 3 aromatic rings. The molecule has 0 atom stereocenters. The van der Waals surface area contributed by atoms with Crippen LogP contribution in [0.1, 0.15) is 53.8 Å².